The predicted octanol–water partition coefficient (Wildman–Crippen LogP) is 4.30. The van der Waals surface area contributed by atoms with Crippen LogP contribution in [0.4, 0.5) is 5.95 Å². The van der Waals surface area contributed by atoms with Gasteiger partial charge >= 0.3 is 0 Å². The van der Waals surface area contributed by atoms with Crippen LogP contribution < -0.4 is 10.1 Å². The van der Waals surface area contributed by atoms with Crippen LogP contribution in [0.1, 0.15) is 15.9 Å². The number of methoxy groups -OCH3 is 1. The summed E-state index contributed by atoms with van der Waals surface area (Å²) in [4.78, 5) is 21.5. The molecule has 0 bridgehead atoms. The Morgan fingerprint density at radius 1 is 1.03 bits per heavy atom. The zero-order valence-electron chi connectivity index (χ0n) is 16.1. The summed E-state index contributed by atoms with van der Waals surface area (Å²) in [5, 5.41) is 8.31. The number of rotatable bonds is 6. The minimum atomic E-state index is -0.303. The summed E-state index contributed by atoms with van der Waals surface area (Å²) < 4.78 is 6.47. The first kappa shape index (κ1) is 19.6. The molecule has 0 aliphatic carbocycles. The van der Waals surface area contributed by atoms with Crippen molar-refractivity contribution in [2.45, 2.75) is 6.54 Å². The van der Waals surface area contributed by atoms with Gasteiger partial charge in [0.25, 0.3) is 5.91 Å². The number of nitrogens with one attached hydrogen (secondary N) is 1. The molecule has 8 heteroatoms. The van der Waals surface area contributed by atoms with Gasteiger partial charge in [0.1, 0.15) is 5.75 Å². The molecule has 30 heavy (non-hydrogen) atoms. The summed E-state index contributed by atoms with van der Waals surface area (Å²) >= 11 is 5.95. The molecule has 4 aromatic rings. The van der Waals surface area contributed by atoms with Crippen LogP contribution in [0.2, 0.25) is 5.02 Å². The minimum absolute atomic E-state index is 0.303. The van der Waals surface area contributed by atoms with Crippen molar-refractivity contribution in [1.29, 1.82) is 0 Å². The van der Waals surface area contributed by atoms with Gasteiger partial charge in [-0.1, -0.05) is 23.7 Å². The van der Waals surface area contributed by atoms with Crippen molar-refractivity contribution in [2.75, 3.05) is 12.4 Å². The van der Waals surface area contributed by atoms with Crippen molar-refractivity contribution in [2.24, 2.45) is 0 Å². The molecule has 0 spiro atoms. The maximum atomic E-state index is 13.0. The molecule has 0 saturated carbocycles. The summed E-state index contributed by atoms with van der Waals surface area (Å²) in [6.07, 6.45) is 3.13. The highest BCUT2D eigenvalue weighted by molar-refractivity contribution is 6.30. The summed E-state index contributed by atoms with van der Waals surface area (Å²) in [5.74, 6) is 1.20. The summed E-state index contributed by atoms with van der Waals surface area (Å²) in [7, 11) is 1.61. The standard InChI is InChI=1S/C22H18ClN5O2/c1-30-19-8-4-16(5-9-19)20-26-22(25-14-15-2-6-18(23)7-3-15)28(27-20)21(29)17-10-12-24-13-11-17/h2-13H,14H2,1H3,(H,25,26,27). The third-order valence-corrected chi connectivity index (χ3v) is 4.69. The summed E-state index contributed by atoms with van der Waals surface area (Å²) in [6, 6.07) is 18.1. The van der Waals surface area contributed by atoms with E-state index in [9.17, 15) is 4.79 Å². The third-order valence-electron chi connectivity index (χ3n) is 4.44. The van der Waals surface area contributed by atoms with Gasteiger partial charge in [-0.25, -0.2) is 0 Å². The molecule has 0 unspecified atom stereocenters. The number of halogens is 1. The number of aromatic nitrogens is 4. The van der Waals surface area contributed by atoms with E-state index >= 15 is 0 Å². The first-order chi connectivity index (χ1) is 14.6. The van der Waals surface area contributed by atoms with Gasteiger partial charge in [0.15, 0.2) is 5.82 Å². The number of carbonyl (C=O) groups excluding carboxylic acids is 1. The molecule has 2 heterocycles. The van der Waals surface area contributed by atoms with Gasteiger partial charge in [-0.3, -0.25) is 9.78 Å². The van der Waals surface area contributed by atoms with Crippen LogP contribution in [-0.4, -0.2) is 32.8 Å². The fourth-order valence-electron chi connectivity index (χ4n) is 2.83. The van der Waals surface area contributed by atoms with Crippen LogP contribution in [0.3, 0.4) is 0 Å². The van der Waals surface area contributed by atoms with Crippen LogP contribution in [0.25, 0.3) is 11.4 Å². The van der Waals surface area contributed by atoms with Gasteiger partial charge in [-0.15, -0.1) is 5.10 Å². The zero-order chi connectivity index (χ0) is 20.9. The Morgan fingerprint density at radius 2 is 1.73 bits per heavy atom. The lowest BCUT2D eigenvalue weighted by atomic mass is 10.2. The fourth-order valence-corrected chi connectivity index (χ4v) is 2.96. The minimum Gasteiger partial charge on any atom is -0.497 e. The van der Waals surface area contributed by atoms with Gasteiger partial charge in [-0.2, -0.15) is 9.67 Å². The van der Waals surface area contributed by atoms with Crippen molar-refractivity contribution in [3.8, 4) is 17.1 Å². The van der Waals surface area contributed by atoms with E-state index in [2.05, 4.69) is 20.4 Å². The molecule has 0 aliphatic rings. The van der Waals surface area contributed by atoms with E-state index < -0.39 is 0 Å². The number of ether oxygens (including phenoxy) is 1. The lowest BCUT2D eigenvalue weighted by Crippen LogP contribution is -2.17. The Hall–Kier alpha value is -3.71. The summed E-state index contributed by atoms with van der Waals surface area (Å²) in [6.45, 7) is 0.460. The summed E-state index contributed by atoms with van der Waals surface area (Å²) in [5.41, 5.74) is 2.23. The van der Waals surface area contributed by atoms with Crippen LogP contribution >= 0.6 is 11.6 Å². The monoisotopic (exact) mass is 419 g/mol. The molecule has 4 rings (SSSR count). The highest BCUT2D eigenvalue weighted by atomic mass is 35.5. The number of pyridine rings is 1. The molecule has 0 aliphatic heterocycles. The maximum absolute atomic E-state index is 13.0. The van der Waals surface area contributed by atoms with Gasteiger partial charge in [0, 0.05) is 35.1 Å². The quantitative estimate of drug-likeness (QED) is 0.501. The first-order valence-electron chi connectivity index (χ1n) is 9.18. The van der Waals surface area contributed by atoms with E-state index in [1.165, 1.54) is 4.68 Å². The van der Waals surface area contributed by atoms with Gasteiger partial charge < -0.3 is 10.1 Å². The zero-order valence-corrected chi connectivity index (χ0v) is 16.9. The number of nitrogens with zero attached hydrogens (tertiary/aromatic N) is 4. The number of hydrogen-bond acceptors (Lipinski definition) is 6. The van der Waals surface area contributed by atoms with Crippen molar-refractivity contribution in [3.63, 3.8) is 0 Å². The van der Waals surface area contributed by atoms with Crippen LogP contribution in [0.15, 0.2) is 73.1 Å². The fraction of sp³-hybridized carbons (Fsp3) is 0.0909. The molecule has 2 aromatic heterocycles. The topological polar surface area (TPSA) is 81.9 Å². The predicted molar refractivity (Wildman–Crippen MR) is 115 cm³/mol. The Balaban J connectivity index is 1.67. The molecular formula is C22H18ClN5O2. The average molecular weight is 420 g/mol. The highest BCUT2D eigenvalue weighted by Crippen LogP contribution is 2.22. The Bertz CT molecular complexity index is 1140. The Kier molecular flexibility index (Phi) is 5.72. The van der Waals surface area contributed by atoms with E-state index in [1.54, 1.807) is 31.6 Å². The Labute approximate surface area is 178 Å². The van der Waals surface area contributed by atoms with Crippen molar-refractivity contribution in [3.05, 3.63) is 89.2 Å². The number of benzene rings is 2. The first-order valence-corrected chi connectivity index (χ1v) is 9.56. The largest absolute Gasteiger partial charge is 0.497 e. The molecule has 0 saturated heterocycles. The van der Waals surface area contributed by atoms with Crippen LogP contribution in [0, 0.1) is 0 Å². The maximum Gasteiger partial charge on any atom is 0.281 e. The van der Waals surface area contributed by atoms with E-state index in [4.69, 9.17) is 16.3 Å². The lowest BCUT2D eigenvalue weighted by Gasteiger charge is -2.07. The molecule has 0 fully saturated rings. The average Bonchev–Trinajstić information content (AvgIpc) is 3.23. The molecule has 0 atom stereocenters. The molecule has 0 radical (unpaired) electrons. The van der Waals surface area contributed by atoms with Crippen molar-refractivity contribution >= 4 is 23.5 Å². The second kappa shape index (κ2) is 8.75. The molecule has 1 N–H and O–H groups in total. The number of anilines is 1. The third kappa shape index (κ3) is 4.31. The number of carbonyl (C=O) groups is 1. The Morgan fingerprint density at radius 3 is 2.40 bits per heavy atom. The van der Waals surface area contributed by atoms with E-state index in [-0.39, 0.29) is 5.91 Å². The second-order valence-electron chi connectivity index (χ2n) is 6.42. The second-order valence-corrected chi connectivity index (χ2v) is 6.86. The van der Waals surface area contributed by atoms with Crippen LogP contribution in [-0.2, 0) is 6.54 Å². The lowest BCUT2D eigenvalue weighted by molar-refractivity contribution is 0.0947. The molecule has 0 amide bonds. The van der Waals surface area contributed by atoms with E-state index in [0.717, 1.165) is 16.9 Å². The smallest absolute Gasteiger partial charge is 0.281 e. The molecule has 7 nitrogen and oxygen atoms in total. The SMILES string of the molecule is COc1ccc(-c2nc(NCc3ccc(Cl)cc3)n(C(=O)c3ccncc3)n2)cc1. The van der Waals surface area contributed by atoms with E-state index in [0.29, 0.717) is 28.9 Å². The van der Waals surface area contributed by atoms with Crippen molar-refractivity contribution < 1.29 is 9.53 Å². The normalized spacial score (nSPS) is 10.6. The van der Waals surface area contributed by atoms with Gasteiger partial charge in [-0.05, 0) is 54.1 Å². The molecule has 150 valence electrons. The van der Waals surface area contributed by atoms with Crippen LogP contribution in [0.5, 0.6) is 5.75 Å². The van der Waals surface area contributed by atoms with Gasteiger partial charge in [0.05, 0.1) is 7.11 Å². The highest BCUT2D eigenvalue weighted by Gasteiger charge is 2.18. The molecular weight excluding hydrogens is 402 g/mol. The van der Waals surface area contributed by atoms with E-state index in [1.807, 2.05) is 48.5 Å². The van der Waals surface area contributed by atoms with Gasteiger partial charge in [0.2, 0.25) is 5.95 Å². The number of hydrogen-bond donors (Lipinski definition) is 1. The van der Waals surface area contributed by atoms with Crippen molar-refractivity contribution in [1.82, 2.24) is 19.7 Å². The molecule has 2 aromatic carbocycles.